The van der Waals surface area contributed by atoms with Crippen LogP contribution in [0.15, 0.2) is 54.4 Å². The van der Waals surface area contributed by atoms with E-state index in [1.807, 2.05) is 41.5 Å². The Morgan fingerprint density at radius 2 is 1.78 bits per heavy atom. The molecule has 1 fully saturated rings. The van der Waals surface area contributed by atoms with Crippen molar-refractivity contribution < 1.29 is 32.7 Å². The Kier molecular flexibility index (Phi) is 12.6. The molecule has 1 N–H and O–H groups in total. The van der Waals surface area contributed by atoms with Crippen molar-refractivity contribution >= 4 is 16.6 Å². The molecule has 2 aromatic carbocycles. The van der Waals surface area contributed by atoms with Crippen LogP contribution in [0.1, 0.15) is 105 Å². The molecule has 0 spiro atoms. The maximum atomic E-state index is 12.0. The Bertz CT molecular complexity index is 1380. The van der Waals surface area contributed by atoms with Gasteiger partial charge in [0.05, 0.1) is 8.50 Å². The van der Waals surface area contributed by atoms with Crippen molar-refractivity contribution in [3.05, 3.63) is 77.1 Å². The summed E-state index contributed by atoms with van der Waals surface area (Å²) in [5, 5.41) is 11.7. The van der Waals surface area contributed by atoms with Crippen LogP contribution in [-0.2, 0) is 31.3 Å². The third-order valence-electron chi connectivity index (χ3n) is 8.94. The third kappa shape index (κ3) is 9.35. The smallest absolute Gasteiger partial charge is 0.164 e. The number of hydrogen-bond acceptors (Lipinski definition) is 3. The zero-order chi connectivity index (χ0) is 31.0. The van der Waals surface area contributed by atoms with Crippen molar-refractivity contribution in [2.75, 3.05) is 0 Å². The van der Waals surface area contributed by atoms with Crippen LogP contribution < -0.4 is 0 Å². The van der Waals surface area contributed by atoms with E-state index in [1.54, 1.807) is 0 Å². The molecule has 3 nitrogen and oxygen atoms in total. The molecular formula is C37H50IrNO2-. The van der Waals surface area contributed by atoms with Crippen LogP contribution in [0, 0.1) is 37.2 Å². The average molecular weight is 735 g/mol. The van der Waals surface area contributed by atoms with Gasteiger partial charge in [0.1, 0.15) is 0 Å². The predicted molar refractivity (Wildman–Crippen MR) is 170 cm³/mol. The number of carbonyl (C=O) groups is 1. The van der Waals surface area contributed by atoms with Gasteiger partial charge < -0.3 is 10.1 Å². The standard InChI is InChI=1S/C23H24N.C14H26O2.Ir/c1-16-11-17(2)13-21(12-16)23-22-8-7-19(14-18-5-3-4-6-18)15-20(22)9-10-24-23;1-6-11(7-2)12(15)10-13(16)14(5,8-3)9-4;/h7-12,15,18H,3-6,14H2,1-2H3;10-11,15H,6-9H2,1-5H3;/q-1;;/b;12-10-;/i9D,10D;;. The number of hydrogen-bond donors (Lipinski definition) is 1. The number of carbonyl (C=O) groups excluding carboxylic acids is 1. The fourth-order valence-corrected chi connectivity index (χ4v) is 5.74. The summed E-state index contributed by atoms with van der Waals surface area (Å²) in [4.78, 5) is 16.5. The van der Waals surface area contributed by atoms with Gasteiger partial charge in [-0.05, 0) is 66.1 Å². The molecule has 1 heterocycles. The minimum atomic E-state index is -0.319. The second-order valence-corrected chi connectivity index (χ2v) is 11.9. The van der Waals surface area contributed by atoms with Crippen molar-refractivity contribution in [1.82, 2.24) is 4.98 Å². The summed E-state index contributed by atoms with van der Waals surface area (Å²) in [6, 6.07) is 14.1. The number of rotatable bonds is 10. The number of benzene rings is 2. The zero-order valence-electron chi connectivity index (χ0n) is 28.1. The van der Waals surface area contributed by atoms with E-state index in [2.05, 4.69) is 48.3 Å². The predicted octanol–water partition coefficient (Wildman–Crippen LogP) is 10.3. The van der Waals surface area contributed by atoms with E-state index in [1.165, 1.54) is 37.3 Å². The first-order valence-electron chi connectivity index (χ1n) is 16.3. The molecule has 1 radical (unpaired) electrons. The van der Waals surface area contributed by atoms with Crippen LogP contribution in [0.2, 0.25) is 0 Å². The van der Waals surface area contributed by atoms with Crippen molar-refractivity contribution in [2.45, 2.75) is 106 Å². The van der Waals surface area contributed by atoms with E-state index >= 15 is 0 Å². The topological polar surface area (TPSA) is 50.2 Å². The summed E-state index contributed by atoms with van der Waals surface area (Å²) in [6.07, 6.45) is 11.3. The average Bonchev–Trinajstić information content (AvgIpc) is 3.48. The first-order chi connectivity index (χ1) is 20.0. The third-order valence-corrected chi connectivity index (χ3v) is 8.94. The molecule has 0 saturated heterocycles. The summed E-state index contributed by atoms with van der Waals surface area (Å²) >= 11 is 0. The number of nitrogens with zero attached hydrogens (tertiary/aromatic N) is 1. The number of fused-ring (bicyclic) bond motifs is 1. The maximum Gasteiger partial charge on any atom is 0.164 e. The molecule has 0 bridgehead atoms. The summed E-state index contributed by atoms with van der Waals surface area (Å²) in [5.74, 6) is 1.21. The Morgan fingerprint density at radius 1 is 1.12 bits per heavy atom. The molecule has 0 aliphatic heterocycles. The van der Waals surface area contributed by atoms with E-state index < -0.39 is 0 Å². The number of aliphatic hydroxyl groups excluding tert-OH is 1. The number of aryl methyl sites for hydroxylation is 2. The summed E-state index contributed by atoms with van der Waals surface area (Å²) in [6.45, 7) is 14.1. The SMILES string of the molecule is CCC(CC)/C(O)=C/C(=O)C(C)(CC)CC.[2H]c1nc(-c2[c-]c(C)cc(C)c2)c2ccc(CC3CCCC3)cc2c1[2H].[Ir]. The molecule has 1 aromatic heterocycles. The molecule has 0 atom stereocenters. The molecule has 225 valence electrons. The van der Waals surface area contributed by atoms with Gasteiger partial charge in [-0.2, -0.15) is 0 Å². The Morgan fingerprint density at radius 3 is 2.37 bits per heavy atom. The minimum absolute atomic E-state index is 0. The second kappa shape index (κ2) is 16.4. The minimum Gasteiger partial charge on any atom is -0.512 e. The number of aromatic nitrogens is 1. The van der Waals surface area contributed by atoms with E-state index in [0.29, 0.717) is 0 Å². The first-order valence-corrected chi connectivity index (χ1v) is 15.3. The van der Waals surface area contributed by atoms with Crippen LogP contribution in [0.3, 0.4) is 0 Å². The molecular weight excluding hydrogens is 683 g/mol. The van der Waals surface area contributed by atoms with Crippen LogP contribution in [0.25, 0.3) is 22.0 Å². The van der Waals surface area contributed by atoms with Gasteiger partial charge >= 0.3 is 0 Å². The summed E-state index contributed by atoms with van der Waals surface area (Å²) in [7, 11) is 0. The largest absolute Gasteiger partial charge is 0.512 e. The Labute approximate surface area is 265 Å². The molecule has 0 unspecified atom stereocenters. The quantitative estimate of drug-likeness (QED) is 0.128. The van der Waals surface area contributed by atoms with Gasteiger partial charge in [0, 0.05) is 43.7 Å². The molecule has 3 aromatic rings. The van der Waals surface area contributed by atoms with Crippen molar-refractivity contribution in [3.63, 3.8) is 0 Å². The van der Waals surface area contributed by atoms with E-state index in [9.17, 15) is 9.90 Å². The molecule has 41 heavy (non-hydrogen) atoms. The maximum absolute atomic E-state index is 12.0. The Balaban J connectivity index is 0.000000332. The van der Waals surface area contributed by atoms with Crippen LogP contribution in [0.5, 0.6) is 0 Å². The molecule has 4 rings (SSSR count). The number of allylic oxidation sites excluding steroid dienone is 2. The van der Waals surface area contributed by atoms with Crippen LogP contribution in [-0.4, -0.2) is 15.9 Å². The number of aliphatic hydroxyl groups is 1. The Hall–Kier alpha value is -2.29. The van der Waals surface area contributed by atoms with E-state index in [0.717, 1.165) is 71.2 Å². The molecule has 1 saturated carbocycles. The fourth-order valence-electron chi connectivity index (χ4n) is 5.74. The van der Waals surface area contributed by atoms with E-state index in [4.69, 9.17) is 2.74 Å². The molecule has 1 aliphatic rings. The van der Waals surface area contributed by atoms with Gasteiger partial charge in [0.2, 0.25) is 0 Å². The zero-order valence-corrected chi connectivity index (χ0v) is 28.5. The van der Waals surface area contributed by atoms with Crippen molar-refractivity contribution in [3.8, 4) is 11.3 Å². The summed E-state index contributed by atoms with van der Waals surface area (Å²) in [5.41, 5.74) is 4.85. The second-order valence-electron chi connectivity index (χ2n) is 11.9. The van der Waals surface area contributed by atoms with Crippen LogP contribution >= 0.6 is 0 Å². The van der Waals surface area contributed by atoms with Gasteiger partial charge in [-0.1, -0.05) is 92.3 Å². The van der Waals surface area contributed by atoms with Gasteiger partial charge in [0.15, 0.2) is 5.78 Å². The van der Waals surface area contributed by atoms with Gasteiger partial charge in [-0.3, -0.25) is 4.79 Å². The van der Waals surface area contributed by atoms with Gasteiger partial charge in [-0.15, -0.1) is 34.9 Å². The monoisotopic (exact) mass is 735 g/mol. The fraction of sp³-hybridized carbons (Fsp3) is 0.514. The first kappa shape index (κ1) is 31.6. The normalized spacial score (nSPS) is 14.8. The molecule has 0 amide bonds. The van der Waals surface area contributed by atoms with Crippen molar-refractivity contribution in [1.29, 1.82) is 0 Å². The molecule has 1 aliphatic carbocycles. The summed E-state index contributed by atoms with van der Waals surface area (Å²) < 4.78 is 16.5. The molecule has 4 heteroatoms. The number of ketones is 1. The van der Waals surface area contributed by atoms with Crippen molar-refractivity contribution in [2.24, 2.45) is 17.3 Å². The van der Waals surface area contributed by atoms with Crippen LogP contribution in [0.4, 0.5) is 0 Å². The van der Waals surface area contributed by atoms with Gasteiger partial charge in [0.25, 0.3) is 0 Å². The van der Waals surface area contributed by atoms with E-state index in [-0.39, 0.29) is 55.2 Å². The van der Waals surface area contributed by atoms with Gasteiger partial charge in [-0.25, -0.2) is 0 Å². The number of pyridine rings is 1.